The number of fused-ring (bicyclic) bond motifs is 4. The van der Waals surface area contributed by atoms with Crippen molar-refractivity contribution in [1.82, 2.24) is 0 Å². The van der Waals surface area contributed by atoms with Gasteiger partial charge in [0.05, 0.1) is 6.61 Å². The molecule has 4 aliphatic rings. The van der Waals surface area contributed by atoms with Crippen molar-refractivity contribution in [3.05, 3.63) is 23.3 Å². The van der Waals surface area contributed by atoms with E-state index in [9.17, 15) is 14.4 Å². The van der Waals surface area contributed by atoms with Gasteiger partial charge >= 0.3 is 5.97 Å². The third-order valence-corrected chi connectivity index (χ3v) is 10.4. The molecule has 0 saturated heterocycles. The molecular weight excluding hydrogens is 388 g/mol. The second-order valence-electron chi connectivity index (χ2n) is 12.2. The maximum Gasteiger partial charge on any atom is 0.319 e. The van der Waals surface area contributed by atoms with Crippen LogP contribution in [0, 0.1) is 38.9 Å². The van der Waals surface area contributed by atoms with Crippen LogP contribution in [0.3, 0.4) is 0 Å². The van der Waals surface area contributed by atoms with Gasteiger partial charge in [-0.05, 0) is 73.3 Å². The van der Waals surface area contributed by atoms with Crippen molar-refractivity contribution in [3.8, 4) is 0 Å². The van der Waals surface area contributed by atoms with Gasteiger partial charge in [0.1, 0.15) is 5.41 Å². The molecule has 4 rings (SSSR count). The molecule has 0 aromatic carbocycles. The predicted molar refractivity (Wildman–Crippen MR) is 120 cm³/mol. The van der Waals surface area contributed by atoms with Gasteiger partial charge in [0, 0.05) is 10.8 Å². The Labute approximate surface area is 186 Å². The summed E-state index contributed by atoms with van der Waals surface area (Å²) < 4.78 is 5.46. The summed E-state index contributed by atoms with van der Waals surface area (Å²) in [4.78, 5) is 40.1. The lowest BCUT2D eigenvalue weighted by Crippen LogP contribution is -2.33. The fourth-order valence-electron chi connectivity index (χ4n) is 7.28. The molecule has 4 saturated carbocycles. The highest BCUT2D eigenvalue weighted by molar-refractivity contribution is 6.07. The molecule has 4 bridgehead atoms. The van der Waals surface area contributed by atoms with E-state index >= 15 is 0 Å². The first-order valence-electron chi connectivity index (χ1n) is 11.9. The Hall–Kier alpha value is -1.71. The Morgan fingerprint density at radius 3 is 1.58 bits per heavy atom. The van der Waals surface area contributed by atoms with Crippen molar-refractivity contribution in [1.29, 1.82) is 0 Å². The molecule has 0 amide bonds. The van der Waals surface area contributed by atoms with Crippen molar-refractivity contribution >= 4 is 17.5 Å². The second-order valence-corrected chi connectivity index (χ2v) is 12.2. The largest absolute Gasteiger partial charge is 0.465 e. The van der Waals surface area contributed by atoms with E-state index in [1.807, 2.05) is 19.1 Å². The van der Waals surface area contributed by atoms with E-state index in [-0.39, 0.29) is 57.6 Å². The zero-order valence-corrected chi connectivity index (χ0v) is 20.5. The molecule has 4 nitrogen and oxygen atoms in total. The molecule has 1 unspecified atom stereocenters. The van der Waals surface area contributed by atoms with Gasteiger partial charge in [0.2, 0.25) is 0 Å². The van der Waals surface area contributed by atoms with Gasteiger partial charge in [0.25, 0.3) is 0 Å². The molecule has 0 heterocycles. The Morgan fingerprint density at radius 1 is 0.903 bits per heavy atom. The maximum absolute atomic E-state index is 13.4. The van der Waals surface area contributed by atoms with Gasteiger partial charge < -0.3 is 4.74 Å². The van der Waals surface area contributed by atoms with Crippen molar-refractivity contribution in [2.24, 2.45) is 38.9 Å². The molecule has 31 heavy (non-hydrogen) atoms. The van der Waals surface area contributed by atoms with E-state index in [1.165, 1.54) is 0 Å². The Morgan fingerprint density at radius 2 is 1.29 bits per heavy atom. The minimum atomic E-state index is -1.13. The fourth-order valence-corrected chi connectivity index (χ4v) is 7.28. The summed E-state index contributed by atoms with van der Waals surface area (Å²) >= 11 is 0. The molecule has 0 N–H and O–H groups in total. The van der Waals surface area contributed by atoms with Gasteiger partial charge in [-0.2, -0.15) is 0 Å². The molecule has 4 aliphatic carbocycles. The summed E-state index contributed by atoms with van der Waals surface area (Å²) in [6.07, 6.45) is 7.42. The number of rotatable bonds is 4. The van der Waals surface area contributed by atoms with Crippen molar-refractivity contribution in [3.63, 3.8) is 0 Å². The third kappa shape index (κ3) is 2.57. The fraction of sp³-hybridized carbons (Fsp3) is 0.741. The highest BCUT2D eigenvalue weighted by Gasteiger charge is 2.66. The number of hydrogen-bond acceptors (Lipinski definition) is 4. The Bertz CT molecular complexity index is 869. The lowest BCUT2D eigenvalue weighted by atomic mass is 9.70. The summed E-state index contributed by atoms with van der Waals surface area (Å²) in [7, 11) is 0. The summed E-state index contributed by atoms with van der Waals surface area (Å²) in [6.45, 7) is 16.7. The average molecular weight is 427 g/mol. The van der Waals surface area contributed by atoms with Gasteiger partial charge in [0.15, 0.2) is 11.6 Å². The lowest BCUT2D eigenvalue weighted by Gasteiger charge is -2.31. The minimum absolute atomic E-state index is 0.129. The van der Waals surface area contributed by atoms with Crippen LogP contribution >= 0.6 is 0 Å². The highest BCUT2D eigenvalue weighted by Crippen LogP contribution is 2.67. The number of ketones is 2. The monoisotopic (exact) mass is 426 g/mol. The van der Waals surface area contributed by atoms with E-state index in [0.29, 0.717) is 0 Å². The first-order valence-corrected chi connectivity index (χ1v) is 11.9. The summed E-state index contributed by atoms with van der Waals surface area (Å²) in [5, 5.41) is 0. The Balaban J connectivity index is 1.83. The molecule has 4 heteroatoms. The summed E-state index contributed by atoms with van der Waals surface area (Å²) in [6, 6.07) is 0. The number of carbonyl (C=O) groups is 3. The molecular formula is C27H38O4. The third-order valence-electron chi connectivity index (χ3n) is 10.4. The highest BCUT2D eigenvalue weighted by atomic mass is 16.5. The molecule has 5 atom stereocenters. The summed E-state index contributed by atoms with van der Waals surface area (Å²) in [5.74, 6) is 0.221. The zero-order valence-electron chi connectivity index (χ0n) is 20.5. The van der Waals surface area contributed by atoms with Crippen molar-refractivity contribution in [2.45, 2.75) is 81.1 Å². The van der Waals surface area contributed by atoms with Crippen LogP contribution in [0.2, 0.25) is 0 Å². The van der Waals surface area contributed by atoms with E-state index in [4.69, 9.17) is 4.74 Å². The van der Waals surface area contributed by atoms with Crippen LogP contribution in [-0.2, 0) is 19.1 Å². The molecule has 0 aliphatic heterocycles. The van der Waals surface area contributed by atoms with Gasteiger partial charge in [-0.25, -0.2) is 0 Å². The number of hydrogen-bond donors (Lipinski definition) is 0. The van der Waals surface area contributed by atoms with Crippen LogP contribution in [0.15, 0.2) is 23.3 Å². The van der Waals surface area contributed by atoms with Crippen molar-refractivity contribution < 1.29 is 19.1 Å². The van der Waals surface area contributed by atoms with E-state index in [1.54, 1.807) is 6.92 Å². The molecule has 0 spiro atoms. The van der Waals surface area contributed by atoms with Gasteiger partial charge in [-0.3, -0.25) is 14.4 Å². The first-order chi connectivity index (χ1) is 14.2. The number of Topliss-reactive ketones (excluding diaryl/α,β-unsaturated/α-hetero) is 2. The minimum Gasteiger partial charge on any atom is -0.465 e. The molecule has 0 aromatic rings. The van der Waals surface area contributed by atoms with Crippen LogP contribution < -0.4 is 0 Å². The van der Waals surface area contributed by atoms with Gasteiger partial charge in [-0.1, -0.05) is 53.7 Å². The predicted octanol–water partition coefficient (Wildman–Crippen LogP) is 5.46. The van der Waals surface area contributed by atoms with Crippen LogP contribution in [0.1, 0.15) is 81.1 Å². The average Bonchev–Trinajstić information content (AvgIpc) is 3.16. The van der Waals surface area contributed by atoms with E-state index in [2.05, 4.69) is 41.5 Å². The van der Waals surface area contributed by atoms with E-state index in [0.717, 1.165) is 36.8 Å². The first kappa shape index (κ1) is 22.5. The molecule has 170 valence electrons. The van der Waals surface area contributed by atoms with Crippen LogP contribution in [0.4, 0.5) is 0 Å². The number of esters is 1. The smallest absolute Gasteiger partial charge is 0.319 e. The summed E-state index contributed by atoms with van der Waals surface area (Å²) in [5.41, 5.74) is -0.639. The van der Waals surface area contributed by atoms with Crippen LogP contribution in [0.25, 0.3) is 0 Å². The quantitative estimate of drug-likeness (QED) is 0.442. The van der Waals surface area contributed by atoms with Crippen LogP contribution in [-0.4, -0.2) is 24.1 Å². The maximum atomic E-state index is 13.4. The molecule has 0 radical (unpaired) electrons. The SMILES string of the molecule is CCOC(=O)C(C)(/C=C1\C(=O)[C@@]2(C)CC[C@H]1C2(C)C)/C=C1\C(=O)[C@]2(C)CC[C@@H]1C2(C)C. The number of carbonyl (C=O) groups excluding carboxylic acids is 3. The number of allylic oxidation sites excluding steroid dienone is 2. The normalized spacial score (nSPS) is 41.9. The van der Waals surface area contributed by atoms with E-state index < -0.39 is 5.41 Å². The molecule has 4 fully saturated rings. The Kier molecular flexibility index (Phi) is 4.66. The zero-order chi connectivity index (χ0) is 23.2. The number of ether oxygens (including phenoxy) is 1. The van der Waals surface area contributed by atoms with Crippen molar-refractivity contribution in [2.75, 3.05) is 6.61 Å². The second kappa shape index (κ2) is 6.42. The topological polar surface area (TPSA) is 60.4 Å². The molecule has 0 aromatic heterocycles. The lowest BCUT2D eigenvalue weighted by molar-refractivity contribution is -0.149. The standard InChI is InChI=1S/C27H38O4/c1-9-31-22(30)25(6,14-16-18-10-12-26(7,20(16)28)23(18,2)3)15-17-19-11-13-27(8,21(17)29)24(19,4)5/h14-15,18-19H,9-13H2,1-8H3/b16-14-,17-15-/t18-,19+,25?,26-,27+. The van der Waals surface area contributed by atoms with Gasteiger partial charge in [-0.15, -0.1) is 0 Å². The van der Waals surface area contributed by atoms with Crippen LogP contribution in [0.5, 0.6) is 0 Å².